The molecule has 1 aliphatic carbocycles. The van der Waals surface area contributed by atoms with Crippen LogP contribution < -0.4 is 5.73 Å². The standard InChI is InChI=1S/C12H15FN2O2/c1-12(2)9(6-14)11(12)8-4-3-7(15(16)17)5-10(8)13/h3-5,9,11H,6,14H2,1-2H3/t9-,11-/m1/s1. The Bertz CT molecular complexity index is 474. The third-order valence-electron chi connectivity index (χ3n) is 3.83. The Balaban J connectivity index is 2.33. The summed E-state index contributed by atoms with van der Waals surface area (Å²) in [5.74, 6) is -0.194. The van der Waals surface area contributed by atoms with Crippen molar-refractivity contribution in [2.24, 2.45) is 17.1 Å². The summed E-state index contributed by atoms with van der Waals surface area (Å²) in [6.45, 7) is 4.58. The Morgan fingerprint density at radius 2 is 2.18 bits per heavy atom. The maximum absolute atomic E-state index is 13.8. The van der Waals surface area contributed by atoms with Crippen LogP contribution in [0, 0.1) is 27.3 Å². The number of non-ortho nitro benzene ring substituents is 1. The van der Waals surface area contributed by atoms with Crippen LogP contribution >= 0.6 is 0 Å². The molecular weight excluding hydrogens is 223 g/mol. The van der Waals surface area contributed by atoms with Gasteiger partial charge < -0.3 is 5.73 Å². The van der Waals surface area contributed by atoms with Crippen LogP contribution in [0.3, 0.4) is 0 Å². The minimum Gasteiger partial charge on any atom is -0.330 e. The maximum atomic E-state index is 13.8. The molecule has 0 aromatic heterocycles. The third-order valence-corrected chi connectivity index (χ3v) is 3.83. The van der Waals surface area contributed by atoms with Crippen molar-refractivity contribution < 1.29 is 9.31 Å². The van der Waals surface area contributed by atoms with Gasteiger partial charge in [-0.2, -0.15) is 0 Å². The minimum atomic E-state index is -0.592. The van der Waals surface area contributed by atoms with E-state index in [4.69, 9.17) is 5.73 Å². The van der Waals surface area contributed by atoms with Gasteiger partial charge in [0, 0.05) is 6.07 Å². The molecule has 4 nitrogen and oxygen atoms in total. The lowest BCUT2D eigenvalue weighted by Crippen LogP contribution is -2.05. The quantitative estimate of drug-likeness (QED) is 0.649. The minimum absolute atomic E-state index is 0.0221. The number of nitro groups is 1. The van der Waals surface area contributed by atoms with E-state index in [0.29, 0.717) is 12.1 Å². The van der Waals surface area contributed by atoms with Gasteiger partial charge in [0.05, 0.1) is 11.0 Å². The second-order valence-corrected chi connectivity index (χ2v) is 5.10. The van der Waals surface area contributed by atoms with E-state index in [1.165, 1.54) is 12.1 Å². The van der Waals surface area contributed by atoms with Crippen molar-refractivity contribution in [1.29, 1.82) is 0 Å². The lowest BCUT2D eigenvalue weighted by molar-refractivity contribution is -0.385. The zero-order valence-electron chi connectivity index (χ0n) is 9.81. The molecule has 0 heterocycles. The molecule has 2 atom stereocenters. The Kier molecular flexibility index (Phi) is 2.66. The molecule has 0 saturated heterocycles. The lowest BCUT2D eigenvalue weighted by Gasteiger charge is -2.04. The Morgan fingerprint density at radius 3 is 2.59 bits per heavy atom. The average Bonchev–Trinajstić information content (AvgIpc) is 2.80. The van der Waals surface area contributed by atoms with E-state index in [2.05, 4.69) is 0 Å². The molecule has 1 aliphatic rings. The van der Waals surface area contributed by atoms with Crippen LogP contribution in [-0.2, 0) is 0 Å². The van der Waals surface area contributed by atoms with Gasteiger partial charge in [-0.25, -0.2) is 4.39 Å². The largest absolute Gasteiger partial charge is 0.330 e. The fourth-order valence-corrected chi connectivity index (χ4v) is 2.68. The van der Waals surface area contributed by atoms with Crippen LogP contribution in [0.15, 0.2) is 18.2 Å². The molecular formula is C12H15FN2O2. The van der Waals surface area contributed by atoms with E-state index in [9.17, 15) is 14.5 Å². The third kappa shape index (κ3) is 1.80. The summed E-state index contributed by atoms with van der Waals surface area (Å²) in [5.41, 5.74) is 5.94. The van der Waals surface area contributed by atoms with Gasteiger partial charge in [-0.3, -0.25) is 10.1 Å². The summed E-state index contributed by atoms with van der Waals surface area (Å²) >= 11 is 0. The molecule has 1 aromatic carbocycles. The maximum Gasteiger partial charge on any atom is 0.272 e. The lowest BCUT2D eigenvalue weighted by atomic mass is 10.0. The van der Waals surface area contributed by atoms with E-state index >= 15 is 0 Å². The van der Waals surface area contributed by atoms with Gasteiger partial charge in [0.25, 0.3) is 5.69 Å². The van der Waals surface area contributed by atoms with Crippen LogP contribution in [0.25, 0.3) is 0 Å². The van der Waals surface area contributed by atoms with E-state index in [-0.39, 0.29) is 22.9 Å². The molecule has 0 amide bonds. The molecule has 92 valence electrons. The van der Waals surface area contributed by atoms with Gasteiger partial charge in [-0.15, -0.1) is 0 Å². The monoisotopic (exact) mass is 238 g/mol. The first kappa shape index (κ1) is 12.0. The molecule has 0 radical (unpaired) electrons. The van der Waals surface area contributed by atoms with Crippen molar-refractivity contribution in [2.45, 2.75) is 19.8 Å². The Labute approximate surface area is 98.8 Å². The summed E-state index contributed by atoms with van der Waals surface area (Å²) in [6.07, 6.45) is 0. The van der Waals surface area contributed by atoms with Gasteiger partial charge in [0.1, 0.15) is 5.82 Å². The highest BCUT2D eigenvalue weighted by atomic mass is 19.1. The SMILES string of the molecule is CC1(C)[C@H](CN)[C@H]1c1ccc([N+](=O)[O-])cc1F. The van der Waals surface area contributed by atoms with Crippen molar-refractivity contribution in [2.75, 3.05) is 6.54 Å². The summed E-state index contributed by atoms with van der Waals surface area (Å²) < 4.78 is 13.8. The molecule has 2 N–H and O–H groups in total. The number of nitrogens with zero attached hydrogens (tertiary/aromatic N) is 1. The van der Waals surface area contributed by atoms with Gasteiger partial charge in [0.2, 0.25) is 0 Å². The van der Waals surface area contributed by atoms with Crippen LogP contribution in [0.5, 0.6) is 0 Å². The number of nitrogens with two attached hydrogens (primary N) is 1. The normalized spacial score (nSPS) is 25.6. The predicted octanol–water partition coefficient (Wildman–Crippen LogP) is 2.43. The zero-order valence-corrected chi connectivity index (χ0v) is 9.81. The highest BCUT2D eigenvalue weighted by molar-refractivity contribution is 5.40. The molecule has 5 heteroatoms. The van der Waals surface area contributed by atoms with Gasteiger partial charge in [-0.05, 0) is 35.4 Å². The van der Waals surface area contributed by atoms with Crippen molar-refractivity contribution in [3.63, 3.8) is 0 Å². The van der Waals surface area contributed by atoms with E-state index in [1.54, 1.807) is 0 Å². The number of hydrogen-bond acceptors (Lipinski definition) is 3. The van der Waals surface area contributed by atoms with Crippen LogP contribution in [-0.4, -0.2) is 11.5 Å². The topological polar surface area (TPSA) is 69.2 Å². The van der Waals surface area contributed by atoms with E-state index in [1.807, 2.05) is 13.8 Å². The summed E-state index contributed by atoms with van der Waals surface area (Å²) in [7, 11) is 0. The second kappa shape index (κ2) is 3.77. The molecule has 1 saturated carbocycles. The fraction of sp³-hybridized carbons (Fsp3) is 0.500. The van der Waals surface area contributed by atoms with Crippen molar-refractivity contribution in [3.05, 3.63) is 39.7 Å². The smallest absolute Gasteiger partial charge is 0.272 e. The second-order valence-electron chi connectivity index (χ2n) is 5.10. The highest BCUT2D eigenvalue weighted by Gasteiger charge is 2.58. The van der Waals surface area contributed by atoms with Crippen LogP contribution in [0.4, 0.5) is 10.1 Å². The number of hydrogen-bond donors (Lipinski definition) is 1. The Hall–Kier alpha value is -1.49. The first-order chi connectivity index (χ1) is 7.89. The van der Waals surface area contributed by atoms with Crippen LogP contribution in [0.1, 0.15) is 25.3 Å². The first-order valence-corrected chi connectivity index (χ1v) is 5.53. The van der Waals surface area contributed by atoms with Gasteiger partial charge >= 0.3 is 0 Å². The van der Waals surface area contributed by atoms with E-state index in [0.717, 1.165) is 6.07 Å². The molecule has 1 fully saturated rings. The molecule has 0 bridgehead atoms. The van der Waals surface area contributed by atoms with E-state index < -0.39 is 10.7 Å². The molecule has 2 rings (SSSR count). The summed E-state index contributed by atoms with van der Waals surface area (Å²) in [5, 5.41) is 10.5. The number of nitro benzene ring substituents is 1. The van der Waals surface area contributed by atoms with Crippen molar-refractivity contribution in [1.82, 2.24) is 0 Å². The molecule has 0 unspecified atom stereocenters. The Morgan fingerprint density at radius 1 is 1.53 bits per heavy atom. The van der Waals surface area contributed by atoms with Gasteiger partial charge in [-0.1, -0.05) is 13.8 Å². The van der Waals surface area contributed by atoms with Gasteiger partial charge in [0.15, 0.2) is 0 Å². The number of benzene rings is 1. The molecule has 17 heavy (non-hydrogen) atoms. The van der Waals surface area contributed by atoms with Crippen molar-refractivity contribution >= 4 is 5.69 Å². The number of halogens is 1. The zero-order chi connectivity index (χ0) is 12.8. The summed E-state index contributed by atoms with van der Waals surface area (Å²) in [6, 6.07) is 3.84. The van der Waals surface area contributed by atoms with Crippen molar-refractivity contribution in [3.8, 4) is 0 Å². The molecule has 1 aromatic rings. The predicted molar refractivity (Wildman–Crippen MR) is 62.1 cm³/mol. The fourth-order valence-electron chi connectivity index (χ4n) is 2.68. The first-order valence-electron chi connectivity index (χ1n) is 5.53. The average molecular weight is 238 g/mol. The molecule has 0 aliphatic heterocycles. The molecule has 0 spiro atoms. The highest BCUT2D eigenvalue weighted by Crippen LogP contribution is 2.64. The van der Waals surface area contributed by atoms with Crippen LogP contribution in [0.2, 0.25) is 0 Å². The number of rotatable bonds is 3. The summed E-state index contributed by atoms with van der Waals surface area (Å²) in [4.78, 5) is 9.92.